The molecule has 6 atom stereocenters. The molecule has 0 radical (unpaired) electrons. The molecular formula is C39H75Cl11O2. The number of rotatable bonds is 1. The molecule has 2 nitrogen and oxygen atoms in total. The summed E-state index contributed by atoms with van der Waals surface area (Å²) in [6, 6.07) is 12.0. The first kappa shape index (κ1) is 69.0. The predicted molar refractivity (Wildman–Crippen MR) is 250 cm³/mol. The minimum Gasteiger partial charge on any atom is -0.390 e. The molecule has 4 saturated carbocycles. The van der Waals surface area contributed by atoms with Crippen LogP contribution in [0.15, 0.2) is 36.4 Å². The van der Waals surface area contributed by atoms with Crippen LogP contribution in [0.4, 0.5) is 0 Å². The van der Waals surface area contributed by atoms with Gasteiger partial charge < -0.3 is 10.2 Å². The van der Waals surface area contributed by atoms with Crippen molar-refractivity contribution in [3.05, 3.63) is 36.4 Å². The fourth-order valence-electron chi connectivity index (χ4n) is 7.65. The lowest BCUT2D eigenvalue weighted by Gasteiger charge is -2.55. The molecule has 320 valence electrons. The standard InChI is InChI=1S/C12H22O.C11H20O.C6H6.C2H4Cl2.CCl4.CHCl3.CH2Cl2.5CH4/c1-10-6-5-8-11(2)7-3-4-9-12(10,11)13;1-9(2)8-5-6-10(9,3)11(4,12)7-8;1-2-4-6-5-3-1;3-1-2-4;2-1(3,4)5;2-1(3)4;2-1-3;;;;;/h10,13H,3-9H2,1-2H3;8,12H,5-7H2,1-4H3;1-6H;1-2H2;;1H;1H2;5*1H4/t10-,11?,12-;8?,10?,11-;;;;;;;;;;/m01........../s1. The zero-order valence-electron chi connectivity index (χ0n) is 28.4. The lowest BCUT2D eigenvalue weighted by molar-refractivity contribution is -0.164. The van der Waals surface area contributed by atoms with Gasteiger partial charge in [0.15, 0.2) is 4.30 Å². The van der Waals surface area contributed by atoms with Crippen molar-refractivity contribution in [3.8, 4) is 0 Å². The second-order valence-electron chi connectivity index (χ2n) is 13.6. The van der Waals surface area contributed by atoms with Crippen molar-refractivity contribution in [2.75, 3.05) is 17.1 Å². The highest BCUT2D eigenvalue weighted by molar-refractivity contribution is 6.83. The summed E-state index contributed by atoms with van der Waals surface area (Å²) in [5, 5.41) is 21.2. The molecular weight excluding hydrogens is 890 g/mol. The van der Waals surface area contributed by atoms with E-state index in [1.54, 1.807) is 0 Å². The van der Waals surface area contributed by atoms with Crippen LogP contribution in [0.2, 0.25) is 0 Å². The van der Waals surface area contributed by atoms with E-state index < -0.39 is 13.1 Å². The maximum absolute atomic E-state index is 10.7. The largest absolute Gasteiger partial charge is 0.390 e. The Morgan fingerprint density at radius 3 is 1.19 bits per heavy atom. The predicted octanol–water partition coefficient (Wildman–Crippen LogP) is 18.0. The van der Waals surface area contributed by atoms with Crippen LogP contribution in [0.1, 0.15) is 143 Å². The molecule has 5 rings (SSSR count). The zero-order valence-corrected chi connectivity index (χ0v) is 36.8. The number of hydrogen-bond donors (Lipinski definition) is 2. The molecule has 4 aliphatic rings. The summed E-state index contributed by atoms with van der Waals surface area (Å²) in [5.74, 6) is 2.38. The summed E-state index contributed by atoms with van der Waals surface area (Å²) >= 11 is 53.4. The second-order valence-corrected chi connectivity index (χ2v) is 20.5. The summed E-state index contributed by atoms with van der Waals surface area (Å²) in [6.45, 7) is 13.5. The fraction of sp³-hybridized carbons (Fsp3) is 0.846. The molecule has 2 N–H and O–H groups in total. The monoisotopic (exact) mass is 960 g/mol. The Bertz CT molecular complexity index is 878. The first-order chi connectivity index (χ1) is 21.5. The summed E-state index contributed by atoms with van der Waals surface area (Å²) in [6.07, 6.45) is 12.2. The number of halogens is 11. The third-order valence-corrected chi connectivity index (χ3v) is 11.3. The van der Waals surface area contributed by atoms with Crippen molar-refractivity contribution >= 4 is 128 Å². The van der Waals surface area contributed by atoms with Crippen LogP contribution >= 0.6 is 128 Å². The number of aliphatic hydroxyl groups is 2. The lowest BCUT2D eigenvalue weighted by Crippen LogP contribution is -2.55. The second kappa shape index (κ2) is 33.2. The van der Waals surface area contributed by atoms with Gasteiger partial charge in [0.25, 0.3) is 3.25 Å². The highest BCUT2D eigenvalue weighted by Gasteiger charge is 2.66. The van der Waals surface area contributed by atoms with Crippen LogP contribution in [0.25, 0.3) is 0 Å². The Balaban J connectivity index is -0.0000000959. The van der Waals surface area contributed by atoms with Gasteiger partial charge in [-0.3, -0.25) is 0 Å². The van der Waals surface area contributed by atoms with Gasteiger partial charge in [0.2, 0.25) is 0 Å². The van der Waals surface area contributed by atoms with Crippen molar-refractivity contribution in [1.29, 1.82) is 0 Å². The molecule has 0 aromatic heterocycles. The number of alkyl halides is 11. The van der Waals surface area contributed by atoms with Crippen molar-refractivity contribution < 1.29 is 10.2 Å². The Morgan fingerprint density at radius 1 is 0.635 bits per heavy atom. The Hall–Kier alpha value is 2.33. The summed E-state index contributed by atoms with van der Waals surface area (Å²) < 4.78 is -2.36. The molecule has 4 fully saturated rings. The number of hydrogen-bond acceptors (Lipinski definition) is 2. The molecule has 0 amide bonds. The maximum Gasteiger partial charge on any atom is 0.266 e. The molecule has 52 heavy (non-hydrogen) atoms. The molecule has 0 saturated heterocycles. The minimum atomic E-state index is -1.61. The van der Waals surface area contributed by atoms with Gasteiger partial charge in [0.05, 0.1) is 16.5 Å². The van der Waals surface area contributed by atoms with Gasteiger partial charge in [0, 0.05) is 17.2 Å². The maximum atomic E-state index is 10.7. The smallest absolute Gasteiger partial charge is 0.266 e. The molecule has 13 heteroatoms. The summed E-state index contributed by atoms with van der Waals surface area (Å²) in [4.78, 5) is 0. The van der Waals surface area contributed by atoms with Gasteiger partial charge in [-0.05, 0) is 74.5 Å². The molecule has 0 spiro atoms. The zero-order chi connectivity index (χ0) is 37.2. The van der Waals surface area contributed by atoms with Gasteiger partial charge in [0.1, 0.15) is 0 Å². The van der Waals surface area contributed by atoms with Crippen LogP contribution < -0.4 is 0 Å². The Morgan fingerprint density at radius 2 is 0.962 bits per heavy atom. The number of fused-ring (bicyclic) bond motifs is 3. The topological polar surface area (TPSA) is 40.5 Å². The molecule has 0 heterocycles. The van der Waals surface area contributed by atoms with Crippen LogP contribution in [0.3, 0.4) is 0 Å². The lowest BCUT2D eigenvalue weighted by atomic mass is 9.54. The Labute approximate surface area is 377 Å². The average molecular weight is 966 g/mol. The van der Waals surface area contributed by atoms with Crippen molar-refractivity contribution in [1.82, 2.24) is 0 Å². The molecule has 0 aliphatic heterocycles. The molecule has 1 aromatic rings. The van der Waals surface area contributed by atoms with E-state index in [1.807, 2.05) is 43.3 Å². The van der Waals surface area contributed by atoms with E-state index >= 15 is 0 Å². The van der Waals surface area contributed by atoms with E-state index in [0.29, 0.717) is 23.1 Å². The molecule has 2 bridgehead atoms. The van der Waals surface area contributed by atoms with Crippen LogP contribution in [0.5, 0.6) is 0 Å². The van der Waals surface area contributed by atoms with Crippen molar-refractivity contribution in [3.63, 3.8) is 0 Å². The normalized spacial score (nSPS) is 29.5. The van der Waals surface area contributed by atoms with Crippen molar-refractivity contribution in [2.24, 2.45) is 28.1 Å². The molecule has 3 unspecified atom stereocenters. The SMILES string of the molecule is C.C.C.C.C.CC1(C)C2CCC1(C)[C@](C)(O)C2.C[C@H]1CCCC2(C)CCCC[C@]12O.ClC(Cl)(Cl)Cl.ClC(Cl)Cl.ClCCCl.ClCCl.c1ccccc1. The van der Waals surface area contributed by atoms with Crippen molar-refractivity contribution in [2.45, 2.75) is 162 Å². The van der Waals surface area contributed by atoms with Gasteiger partial charge in [-0.15, -0.1) is 46.4 Å². The first-order valence-corrected chi connectivity index (χ1v) is 20.8. The molecule has 4 aliphatic carbocycles. The van der Waals surface area contributed by atoms with Crippen LogP contribution in [-0.2, 0) is 0 Å². The third-order valence-electron chi connectivity index (χ3n) is 10.8. The van der Waals surface area contributed by atoms with Gasteiger partial charge in [-0.1, -0.05) is 209 Å². The van der Waals surface area contributed by atoms with Crippen LogP contribution in [0, 0.1) is 28.1 Å². The quantitative estimate of drug-likeness (QED) is 0.275. The summed E-state index contributed by atoms with van der Waals surface area (Å²) in [7, 11) is 0. The number of benzene rings is 1. The van der Waals surface area contributed by atoms with E-state index in [1.165, 1.54) is 51.4 Å². The van der Waals surface area contributed by atoms with Crippen LogP contribution in [-0.4, -0.2) is 46.1 Å². The fourth-order valence-corrected chi connectivity index (χ4v) is 7.65. The first-order valence-electron chi connectivity index (χ1n) is 15.8. The van der Waals surface area contributed by atoms with E-state index in [-0.39, 0.29) is 58.9 Å². The summed E-state index contributed by atoms with van der Waals surface area (Å²) in [5.41, 5.74) is -0.00694. The van der Waals surface area contributed by atoms with E-state index in [2.05, 4.69) is 34.6 Å². The Kier molecular flexibility index (Phi) is 44.0. The minimum absolute atomic E-state index is 0. The van der Waals surface area contributed by atoms with Gasteiger partial charge >= 0.3 is 0 Å². The average Bonchev–Trinajstić information content (AvgIpc) is 3.26. The highest BCUT2D eigenvalue weighted by Crippen LogP contribution is 2.69. The van der Waals surface area contributed by atoms with E-state index in [9.17, 15) is 10.2 Å². The van der Waals surface area contributed by atoms with Gasteiger partial charge in [-0.2, -0.15) is 0 Å². The van der Waals surface area contributed by atoms with Gasteiger partial charge in [-0.25, -0.2) is 0 Å². The van der Waals surface area contributed by atoms with E-state index in [4.69, 9.17) is 128 Å². The third kappa shape index (κ3) is 24.3. The highest BCUT2D eigenvalue weighted by atomic mass is 35.6. The molecule has 1 aromatic carbocycles. The van der Waals surface area contributed by atoms with E-state index in [0.717, 1.165) is 18.8 Å².